The van der Waals surface area contributed by atoms with E-state index in [1.807, 2.05) is 0 Å². The van der Waals surface area contributed by atoms with Crippen LogP contribution in [0.2, 0.25) is 0 Å². The predicted octanol–water partition coefficient (Wildman–Crippen LogP) is -1.09. The van der Waals surface area contributed by atoms with Gasteiger partial charge in [-0.05, 0) is 0 Å². The molecule has 0 aromatic heterocycles. The van der Waals surface area contributed by atoms with Crippen LogP contribution in [0.3, 0.4) is 0 Å². The van der Waals surface area contributed by atoms with Crippen molar-refractivity contribution in [2.75, 3.05) is 26.1 Å². The van der Waals surface area contributed by atoms with E-state index >= 15 is 0 Å². The minimum atomic E-state index is -3.37. The molecule has 0 saturated carbocycles. The number of hydrogen-bond acceptors (Lipinski definition) is 5. The zero-order chi connectivity index (χ0) is 8.32. The summed E-state index contributed by atoms with van der Waals surface area (Å²) in [6.45, 7) is 0.993. The Balaban J connectivity index is 2.41. The third kappa shape index (κ3) is 2.74. The fraction of sp³-hybridized carbons (Fsp3) is 1.00. The molecular formula is C5H11NO4S. The van der Waals surface area contributed by atoms with Crippen molar-refractivity contribution in [2.24, 2.45) is 0 Å². The van der Waals surface area contributed by atoms with Crippen molar-refractivity contribution in [3.8, 4) is 0 Å². The second kappa shape index (κ2) is 3.48. The number of hydrogen-bond donors (Lipinski definition) is 1. The number of rotatable bonds is 3. The van der Waals surface area contributed by atoms with Gasteiger partial charge in [0, 0.05) is 6.54 Å². The zero-order valence-electron chi connectivity index (χ0n) is 6.24. The Bertz CT molecular complexity index is 207. The SMILES string of the molecule is COS(=O)(=O)CC1CNCO1. The van der Waals surface area contributed by atoms with Crippen molar-refractivity contribution in [2.45, 2.75) is 6.10 Å². The molecule has 1 heterocycles. The summed E-state index contributed by atoms with van der Waals surface area (Å²) in [4.78, 5) is 0. The summed E-state index contributed by atoms with van der Waals surface area (Å²) in [5.41, 5.74) is 0. The van der Waals surface area contributed by atoms with Crippen LogP contribution in [0.25, 0.3) is 0 Å². The summed E-state index contributed by atoms with van der Waals surface area (Å²) >= 11 is 0. The zero-order valence-corrected chi connectivity index (χ0v) is 7.06. The Hall–Kier alpha value is -0.170. The van der Waals surface area contributed by atoms with Crippen molar-refractivity contribution in [1.82, 2.24) is 5.32 Å². The molecule has 1 atom stereocenters. The van der Waals surface area contributed by atoms with Gasteiger partial charge in [-0.25, -0.2) is 0 Å². The van der Waals surface area contributed by atoms with Gasteiger partial charge in [-0.3, -0.25) is 9.50 Å². The van der Waals surface area contributed by atoms with Crippen LogP contribution < -0.4 is 5.32 Å². The van der Waals surface area contributed by atoms with Crippen LogP contribution in [0.1, 0.15) is 0 Å². The van der Waals surface area contributed by atoms with E-state index in [1.165, 1.54) is 0 Å². The van der Waals surface area contributed by atoms with E-state index < -0.39 is 10.1 Å². The molecule has 0 bridgehead atoms. The fourth-order valence-corrected chi connectivity index (χ4v) is 1.66. The van der Waals surface area contributed by atoms with Gasteiger partial charge in [0.2, 0.25) is 0 Å². The van der Waals surface area contributed by atoms with Gasteiger partial charge >= 0.3 is 0 Å². The molecule has 5 nitrogen and oxygen atoms in total. The highest BCUT2D eigenvalue weighted by Gasteiger charge is 2.22. The van der Waals surface area contributed by atoms with E-state index in [4.69, 9.17) is 4.74 Å². The summed E-state index contributed by atoms with van der Waals surface area (Å²) < 4.78 is 30.9. The molecule has 0 aliphatic carbocycles. The molecule has 11 heavy (non-hydrogen) atoms. The Morgan fingerprint density at radius 2 is 2.45 bits per heavy atom. The van der Waals surface area contributed by atoms with Crippen LogP contribution in [-0.2, 0) is 19.0 Å². The van der Waals surface area contributed by atoms with Crippen molar-refractivity contribution in [1.29, 1.82) is 0 Å². The van der Waals surface area contributed by atoms with E-state index in [2.05, 4.69) is 9.50 Å². The van der Waals surface area contributed by atoms with Crippen molar-refractivity contribution < 1.29 is 17.3 Å². The Morgan fingerprint density at radius 3 is 2.91 bits per heavy atom. The standard InChI is InChI=1S/C5H11NO4S/c1-9-11(7,8)3-5-2-6-4-10-5/h5-6H,2-4H2,1H3. The lowest BCUT2D eigenvalue weighted by atomic mass is 10.4. The average Bonchev–Trinajstić information content (AvgIpc) is 2.39. The lowest BCUT2D eigenvalue weighted by molar-refractivity contribution is 0.127. The topological polar surface area (TPSA) is 64.6 Å². The summed E-state index contributed by atoms with van der Waals surface area (Å²) in [7, 11) is -2.22. The first-order valence-corrected chi connectivity index (χ1v) is 4.82. The number of nitrogens with one attached hydrogen (secondary N) is 1. The van der Waals surface area contributed by atoms with Crippen LogP contribution in [0.15, 0.2) is 0 Å². The van der Waals surface area contributed by atoms with E-state index in [-0.39, 0.29) is 11.9 Å². The van der Waals surface area contributed by atoms with Crippen LogP contribution >= 0.6 is 0 Å². The highest BCUT2D eigenvalue weighted by atomic mass is 32.2. The van der Waals surface area contributed by atoms with E-state index in [0.29, 0.717) is 13.3 Å². The molecule has 0 spiro atoms. The Labute approximate surface area is 65.8 Å². The molecular weight excluding hydrogens is 170 g/mol. The predicted molar refractivity (Wildman–Crippen MR) is 38.5 cm³/mol. The van der Waals surface area contributed by atoms with Crippen molar-refractivity contribution in [3.63, 3.8) is 0 Å². The lowest BCUT2D eigenvalue weighted by Gasteiger charge is -2.06. The molecule has 1 rings (SSSR count). The van der Waals surface area contributed by atoms with E-state index in [0.717, 1.165) is 7.11 Å². The Kier molecular flexibility index (Phi) is 2.83. The molecule has 0 aromatic rings. The maximum absolute atomic E-state index is 10.8. The Morgan fingerprint density at radius 1 is 1.73 bits per heavy atom. The van der Waals surface area contributed by atoms with E-state index in [1.54, 1.807) is 0 Å². The first-order valence-electron chi connectivity index (χ1n) is 3.24. The summed E-state index contributed by atoms with van der Waals surface area (Å²) in [6.07, 6.45) is -0.264. The van der Waals surface area contributed by atoms with Crippen LogP contribution in [0.5, 0.6) is 0 Å². The molecule has 1 aliphatic heterocycles. The molecule has 1 saturated heterocycles. The van der Waals surface area contributed by atoms with Gasteiger partial charge in [0.15, 0.2) is 0 Å². The fourth-order valence-electron chi connectivity index (χ4n) is 0.858. The van der Waals surface area contributed by atoms with E-state index in [9.17, 15) is 8.42 Å². The highest BCUT2D eigenvalue weighted by molar-refractivity contribution is 7.86. The first-order chi connectivity index (χ1) is 5.14. The van der Waals surface area contributed by atoms with Crippen molar-refractivity contribution >= 4 is 10.1 Å². The first kappa shape index (κ1) is 8.92. The van der Waals surface area contributed by atoms with Crippen molar-refractivity contribution in [3.05, 3.63) is 0 Å². The summed E-state index contributed by atoms with van der Waals surface area (Å²) in [5, 5.41) is 2.88. The van der Waals surface area contributed by atoms with Gasteiger partial charge in [0.05, 0.1) is 19.9 Å². The van der Waals surface area contributed by atoms with Gasteiger partial charge in [-0.1, -0.05) is 0 Å². The maximum atomic E-state index is 10.8. The summed E-state index contributed by atoms with van der Waals surface area (Å²) in [6, 6.07) is 0. The molecule has 1 N–H and O–H groups in total. The largest absolute Gasteiger partial charge is 0.361 e. The second-order valence-electron chi connectivity index (χ2n) is 2.28. The van der Waals surface area contributed by atoms with Gasteiger partial charge in [0.25, 0.3) is 10.1 Å². The molecule has 0 amide bonds. The molecule has 1 fully saturated rings. The monoisotopic (exact) mass is 181 g/mol. The van der Waals surface area contributed by atoms with Gasteiger partial charge in [-0.2, -0.15) is 8.42 Å². The average molecular weight is 181 g/mol. The lowest BCUT2D eigenvalue weighted by Crippen LogP contribution is -2.25. The molecule has 1 aliphatic rings. The molecule has 6 heteroatoms. The minimum absolute atomic E-state index is 0.0729. The normalized spacial score (nSPS) is 25.7. The minimum Gasteiger partial charge on any atom is -0.361 e. The van der Waals surface area contributed by atoms with Crippen LogP contribution in [0, 0.1) is 0 Å². The summed E-state index contributed by atoms with van der Waals surface area (Å²) in [5.74, 6) is -0.0729. The second-order valence-corrected chi connectivity index (χ2v) is 4.06. The van der Waals surface area contributed by atoms with Crippen LogP contribution in [0.4, 0.5) is 0 Å². The van der Waals surface area contributed by atoms with Gasteiger partial charge in [0.1, 0.15) is 5.75 Å². The maximum Gasteiger partial charge on any atom is 0.269 e. The highest BCUT2D eigenvalue weighted by Crippen LogP contribution is 2.02. The third-order valence-electron chi connectivity index (χ3n) is 1.44. The molecule has 66 valence electrons. The molecule has 0 radical (unpaired) electrons. The smallest absolute Gasteiger partial charge is 0.269 e. The molecule has 1 unspecified atom stereocenters. The third-order valence-corrected chi connectivity index (χ3v) is 2.72. The number of ether oxygens (including phenoxy) is 1. The van der Waals surface area contributed by atoms with Gasteiger partial charge in [-0.15, -0.1) is 0 Å². The van der Waals surface area contributed by atoms with Gasteiger partial charge < -0.3 is 4.74 Å². The quantitative estimate of drug-likeness (QED) is 0.560. The molecule has 0 aromatic carbocycles. The van der Waals surface area contributed by atoms with Crippen LogP contribution in [-0.4, -0.2) is 40.7 Å².